The van der Waals surface area contributed by atoms with Gasteiger partial charge >= 0.3 is 5.69 Å². The Morgan fingerprint density at radius 2 is 1.97 bits per heavy atom. The number of hydrogen-bond donors (Lipinski definition) is 1. The van der Waals surface area contributed by atoms with Crippen LogP contribution in [0.2, 0.25) is 5.02 Å². The lowest BCUT2D eigenvalue weighted by Gasteiger charge is -2.15. The van der Waals surface area contributed by atoms with E-state index in [0.29, 0.717) is 35.2 Å². The molecule has 4 rings (SSSR count). The molecule has 1 N–H and O–H groups in total. The van der Waals surface area contributed by atoms with Crippen LogP contribution in [0, 0.1) is 0 Å². The van der Waals surface area contributed by atoms with E-state index in [9.17, 15) is 13.2 Å². The molecule has 152 valence electrons. The summed E-state index contributed by atoms with van der Waals surface area (Å²) in [5.41, 5.74) is 2.75. The van der Waals surface area contributed by atoms with Crippen LogP contribution in [-0.2, 0) is 16.4 Å². The number of benzene rings is 2. The molecule has 1 saturated carbocycles. The van der Waals surface area contributed by atoms with Gasteiger partial charge in [-0.3, -0.25) is 4.57 Å². The Labute approximate surface area is 174 Å². The number of nitrogens with one attached hydrogen (secondary N) is 1. The van der Waals surface area contributed by atoms with Crippen LogP contribution in [0.3, 0.4) is 0 Å². The molecule has 3 aromatic rings. The first kappa shape index (κ1) is 20.1. The maximum absolute atomic E-state index is 13.0. The molecule has 1 aliphatic rings. The molecule has 0 amide bonds. The summed E-state index contributed by atoms with van der Waals surface area (Å²) in [6.45, 7) is 0. The molecule has 1 fully saturated rings. The van der Waals surface area contributed by atoms with Crippen LogP contribution in [0.4, 0.5) is 0 Å². The molecule has 0 saturated heterocycles. The number of rotatable bonds is 7. The summed E-state index contributed by atoms with van der Waals surface area (Å²) >= 11 is 6.37. The minimum Gasteiger partial charge on any atom is -0.259 e. The van der Waals surface area contributed by atoms with Crippen molar-refractivity contribution in [3.63, 3.8) is 0 Å². The summed E-state index contributed by atoms with van der Waals surface area (Å²) in [6.07, 6.45) is 3.09. The predicted molar refractivity (Wildman–Crippen MR) is 115 cm³/mol. The van der Waals surface area contributed by atoms with Crippen molar-refractivity contribution in [3.8, 4) is 5.69 Å². The highest BCUT2D eigenvalue weighted by molar-refractivity contribution is 7.89. The van der Waals surface area contributed by atoms with Crippen LogP contribution in [-0.4, -0.2) is 30.8 Å². The van der Waals surface area contributed by atoms with Gasteiger partial charge in [-0.15, -0.1) is 0 Å². The number of aryl methyl sites for hydroxylation is 1. The van der Waals surface area contributed by atoms with E-state index in [2.05, 4.69) is 15.8 Å². The summed E-state index contributed by atoms with van der Waals surface area (Å²) in [7, 11) is -1.90. The van der Waals surface area contributed by atoms with E-state index in [-0.39, 0.29) is 5.75 Å². The first-order valence-corrected chi connectivity index (χ1v) is 11.6. The van der Waals surface area contributed by atoms with E-state index in [4.69, 9.17) is 11.6 Å². The molecule has 0 spiro atoms. The molecule has 1 heterocycles. The van der Waals surface area contributed by atoms with E-state index in [0.717, 1.165) is 23.7 Å². The first-order valence-electron chi connectivity index (χ1n) is 9.61. The van der Waals surface area contributed by atoms with Crippen molar-refractivity contribution >= 4 is 32.5 Å². The number of hydrogen-bond acceptors (Lipinski definition) is 4. The third kappa shape index (κ3) is 4.22. The van der Waals surface area contributed by atoms with Gasteiger partial charge in [-0.1, -0.05) is 35.9 Å². The molecule has 0 radical (unpaired) electrons. The highest BCUT2D eigenvalue weighted by Gasteiger charge is 2.25. The van der Waals surface area contributed by atoms with E-state index in [1.807, 2.05) is 24.3 Å². The summed E-state index contributed by atoms with van der Waals surface area (Å²) in [5, 5.41) is 1.32. The smallest absolute Gasteiger partial charge is 0.259 e. The Morgan fingerprint density at radius 1 is 1.21 bits per heavy atom. The van der Waals surface area contributed by atoms with Gasteiger partial charge in [0.15, 0.2) is 0 Å². The summed E-state index contributed by atoms with van der Waals surface area (Å²) in [5.74, 6) is 0.520. The van der Waals surface area contributed by atoms with Crippen LogP contribution >= 0.6 is 11.6 Å². The highest BCUT2D eigenvalue weighted by Crippen LogP contribution is 2.41. The number of aromatic nitrogens is 2. The second kappa shape index (κ2) is 7.89. The minimum atomic E-state index is -3.30. The van der Waals surface area contributed by atoms with Crippen LogP contribution in [0.1, 0.15) is 36.4 Å². The van der Waals surface area contributed by atoms with Crippen LogP contribution < -0.4 is 10.4 Å². The molecule has 29 heavy (non-hydrogen) atoms. The number of para-hydroxylation sites is 1. The highest BCUT2D eigenvalue weighted by atomic mass is 35.5. The van der Waals surface area contributed by atoms with E-state index in [1.54, 1.807) is 16.7 Å². The minimum absolute atomic E-state index is 0.0135. The predicted octanol–water partition coefficient (Wildman–Crippen LogP) is 3.40. The first-order chi connectivity index (χ1) is 13.9. The van der Waals surface area contributed by atoms with Gasteiger partial charge in [-0.2, -0.15) is 4.98 Å². The largest absolute Gasteiger partial charge is 0.352 e. The molecular weight excluding hydrogens is 410 g/mol. The fraction of sp³-hybridized carbons (Fsp3) is 0.333. The van der Waals surface area contributed by atoms with Gasteiger partial charge in [0.2, 0.25) is 10.0 Å². The zero-order chi connectivity index (χ0) is 20.6. The maximum atomic E-state index is 13.0. The molecule has 1 aromatic heterocycles. The van der Waals surface area contributed by atoms with Crippen molar-refractivity contribution in [2.75, 3.05) is 12.8 Å². The number of sulfonamides is 1. The lowest BCUT2D eigenvalue weighted by molar-refractivity contribution is 0.585. The molecule has 1 aliphatic carbocycles. The van der Waals surface area contributed by atoms with Gasteiger partial charge < -0.3 is 0 Å². The normalized spacial score (nSPS) is 14.4. The molecule has 0 unspecified atom stereocenters. The summed E-state index contributed by atoms with van der Waals surface area (Å²) in [6, 6.07) is 13.3. The van der Waals surface area contributed by atoms with Gasteiger partial charge in [0.1, 0.15) is 0 Å². The average molecular weight is 432 g/mol. The van der Waals surface area contributed by atoms with Crippen LogP contribution in [0.5, 0.6) is 0 Å². The zero-order valence-electron chi connectivity index (χ0n) is 16.1. The molecule has 0 aliphatic heterocycles. The van der Waals surface area contributed by atoms with E-state index < -0.39 is 15.7 Å². The van der Waals surface area contributed by atoms with E-state index >= 15 is 0 Å². The quantitative estimate of drug-likeness (QED) is 0.621. The van der Waals surface area contributed by atoms with Crippen molar-refractivity contribution in [3.05, 3.63) is 69.2 Å². The molecular formula is C21H22ClN3O3S. The van der Waals surface area contributed by atoms with Gasteiger partial charge in [-0.05, 0) is 62.4 Å². The van der Waals surface area contributed by atoms with Crippen molar-refractivity contribution in [2.45, 2.75) is 31.6 Å². The summed E-state index contributed by atoms with van der Waals surface area (Å²) < 4.78 is 27.3. The Hall–Kier alpha value is -2.22. The third-order valence-corrected chi connectivity index (χ3v) is 7.04. The topological polar surface area (TPSA) is 81.1 Å². The molecule has 8 heteroatoms. The Balaban J connectivity index is 1.84. The molecule has 0 bridgehead atoms. The Bertz CT molecular complexity index is 1230. The standard InChI is InChI=1S/C21H22ClN3O3S/c1-23-29(27,28)12-4-6-18-16-11-10-15(14-8-9-14)13-20(16)25(21(26)24-18)19-7-3-2-5-17(19)22/h2-3,5,7,10-11,13-14,23H,4,6,8-9,12H2,1H3. The van der Waals surface area contributed by atoms with Crippen molar-refractivity contribution in [1.29, 1.82) is 0 Å². The summed E-state index contributed by atoms with van der Waals surface area (Å²) in [4.78, 5) is 17.3. The van der Waals surface area contributed by atoms with E-state index in [1.165, 1.54) is 12.6 Å². The monoisotopic (exact) mass is 431 g/mol. The van der Waals surface area contributed by atoms with Crippen molar-refractivity contribution < 1.29 is 8.42 Å². The number of fused-ring (bicyclic) bond motifs is 1. The fourth-order valence-corrected chi connectivity index (χ4v) is 4.51. The maximum Gasteiger partial charge on any atom is 0.352 e. The van der Waals surface area contributed by atoms with Crippen molar-refractivity contribution in [1.82, 2.24) is 14.3 Å². The Kier molecular flexibility index (Phi) is 5.46. The molecule has 0 atom stereocenters. The van der Waals surface area contributed by atoms with Gasteiger partial charge in [-0.25, -0.2) is 17.9 Å². The fourth-order valence-electron chi connectivity index (χ4n) is 3.57. The lowest BCUT2D eigenvalue weighted by Crippen LogP contribution is -2.25. The van der Waals surface area contributed by atoms with Crippen molar-refractivity contribution in [2.24, 2.45) is 0 Å². The van der Waals surface area contributed by atoms with Gasteiger partial charge in [0.25, 0.3) is 0 Å². The molecule has 2 aromatic carbocycles. The third-order valence-electron chi connectivity index (χ3n) is 5.28. The van der Waals surface area contributed by atoms with Gasteiger partial charge in [0, 0.05) is 5.39 Å². The molecule has 6 nitrogen and oxygen atoms in total. The van der Waals surface area contributed by atoms with Crippen LogP contribution in [0.15, 0.2) is 47.3 Å². The van der Waals surface area contributed by atoms with Crippen LogP contribution in [0.25, 0.3) is 16.6 Å². The van der Waals surface area contributed by atoms with Gasteiger partial charge in [0.05, 0.1) is 27.7 Å². The zero-order valence-corrected chi connectivity index (χ0v) is 17.6. The average Bonchev–Trinajstić information content (AvgIpc) is 3.54. The second-order valence-corrected chi connectivity index (χ2v) is 9.76. The lowest BCUT2D eigenvalue weighted by atomic mass is 10.0. The number of halogens is 1. The Morgan fingerprint density at radius 3 is 2.66 bits per heavy atom. The second-order valence-electron chi connectivity index (χ2n) is 7.31. The SMILES string of the molecule is CNS(=O)(=O)CCCc1nc(=O)n(-c2ccccc2Cl)c2cc(C3CC3)ccc12. The number of nitrogens with zero attached hydrogens (tertiary/aromatic N) is 2.